The first-order valence-corrected chi connectivity index (χ1v) is 8.18. The fraction of sp³-hybridized carbons (Fsp3) is 0.300. The smallest absolute Gasteiger partial charge is 0.183 e. The van der Waals surface area contributed by atoms with Crippen LogP contribution in [0.2, 0.25) is 5.02 Å². The van der Waals surface area contributed by atoms with Crippen LogP contribution in [0.4, 0.5) is 5.13 Å². The molecule has 4 nitrogen and oxygen atoms in total. The molecule has 0 amide bonds. The number of benzene rings is 1. The monoisotopic (exact) mass is 290 g/mol. The minimum absolute atomic E-state index is 0.0939. The number of nitrogens with one attached hydrogen (secondary N) is 1. The second-order valence-corrected chi connectivity index (χ2v) is 7.33. The van der Waals surface area contributed by atoms with Crippen molar-refractivity contribution in [1.29, 1.82) is 0 Å². The van der Waals surface area contributed by atoms with Gasteiger partial charge in [-0.3, -0.25) is 0 Å². The number of fused-ring (bicyclic) bond motifs is 1. The zero-order valence-corrected chi connectivity index (χ0v) is 11.5. The molecule has 0 atom stereocenters. The van der Waals surface area contributed by atoms with Crippen molar-refractivity contribution in [2.75, 3.05) is 23.9 Å². The van der Waals surface area contributed by atoms with Crippen LogP contribution < -0.4 is 5.32 Å². The van der Waals surface area contributed by atoms with Crippen LogP contribution in [0.15, 0.2) is 18.2 Å². The Balaban J connectivity index is 2.12. The zero-order chi connectivity index (χ0) is 12.5. The summed E-state index contributed by atoms with van der Waals surface area (Å²) < 4.78 is 22.9. The van der Waals surface area contributed by atoms with E-state index in [-0.39, 0.29) is 5.75 Å². The molecule has 0 aliphatic heterocycles. The molecule has 1 N–H and O–H groups in total. The van der Waals surface area contributed by atoms with Gasteiger partial charge in [-0.2, -0.15) is 0 Å². The zero-order valence-electron chi connectivity index (χ0n) is 9.10. The molecule has 2 rings (SSSR count). The summed E-state index contributed by atoms with van der Waals surface area (Å²) in [6.07, 6.45) is 1.21. The Kier molecular flexibility index (Phi) is 3.56. The lowest BCUT2D eigenvalue weighted by molar-refractivity contribution is 0.602. The van der Waals surface area contributed by atoms with Gasteiger partial charge in [0.1, 0.15) is 9.84 Å². The summed E-state index contributed by atoms with van der Waals surface area (Å²) in [6, 6.07) is 5.52. The Bertz CT molecular complexity index is 637. The lowest BCUT2D eigenvalue weighted by Gasteiger charge is -1.99. The fourth-order valence-electron chi connectivity index (χ4n) is 1.33. The Labute approximate surface area is 109 Å². The fourth-order valence-corrected chi connectivity index (χ4v) is 2.99. The van der Waals surface area contributed by atoms with E-state index in [2.05, 4.69) is 10.3 Å². The van der Waals surface area contributed by atoms with E-state index in [4.69, 9.17) is 11.6 Å². The highest BCUT2D eigenvalue weighted by molar-refractivity contribution is 7.90. The van der Waals surface area contributed by atoms with Crippen LogP contribution in [-0.2, 0) is 9.84 Å². The Morgan fingerprint density at radius 2 is 2.24 bits per heavy atom. The van der Waals surface area contributed by atoms with E-state index < -0.39 is 9.84 Å². The van der Waals surface area contributed by atoms with Crippen LogP contribution in [0.5, 0.6) is 0 Å². The first-order valence-electron chi connectivity index (χ1n) is 4.92. The third-order valence-corrected chi connectivity index (χ3v) is 4.55. The quantitative estimate of drug-likeness (QED) is 0.939. The maximum atomic E-state index is 11.0. The van der Waals surface area contributed by atoms with Gasteiger partial charge in [0.2, 0.25) is 0 Å². The Morgan fingerprint density at radius 1 is 1.47 bits per heavy atom. The number of anilines is 1. The van der Waals surface area contributed by atoms with Crippen LogP contribution in [0.1, 0.15) is 0 Å². The highest BCUT2D eigenvalue weighted by Gasteiger charge is 2.07. The van der Waals surface area contributed by atoms with Crippen LogP contribution in [0.25, 0.3) is 10.2 Å². The highest BCUT2D eigenvalue weighted by atomic mass is 35.5. The van der Waals surface area contributed by atoms with Gasteiger partial charge in [0, 0.05) is 12.8 Å². The number of aromatic nitrogens is 1. The molecule has 17 heavy (non-hydrogen) atoms. The van der Waals surface area contributed by atoms with Crippen molar-refractivity contribution in [3.05, 3.63) is 23.2 Å². The Hall–Kier alpha value is -0.850. The van der Waals surface area contributed by atoms with E-state index in [1.807, 2.05) is 18.2 Å². The van der Waals surface area contributed by atoms with Crippen molar-refractivity contribution >= 4 is 48.1 Å². The Morgan fingerprint density at radius 3 is 2.88 bits per heavy atom. The number of hydrogen-bond acceptors (Lipinski definition) is 5. The average molecular weight is 291 g/mol. The topological polar surface area (TPSA) is 59.1 Å². The van der Waals surface area contributed by atoms with E-state index >= 15 is 0 Å². The maximum Gasteiger partial charge on any atom is 0.183 e. The molecule has 0 bridgehead atoms. The summed E-state index contributed by atoms with van der Waals surface area (Å²) in [7, 11) is -2.94. The second-order valence-electron chi connectivity index (χ2n) is 3.66. The average Bonchev–Trinajstić information content (AvgIpc) is 2.60. The molecule has 0 unspecified atom stereocenters. The molecule has 0 saturated heterocycles. The van der Waals surface area contributed by atoms with Crippen molar-refractivity contribution in [1.82, 2.24) is 4.98 Å². The molecule has 0 aliphatic rings. The molecule has 7 heteroatoms. The van der Waals surface area contributed by atoms with Crippen LogP contribution in [-0.4, -0.2) is 32.0 Å². The van der Waals surface area contributed by atoms with Crippen LogP contribution >= 0.6 is 22.9 Å². The molecule has 1 heterocycles. The third kappa shape index (κ3) is 3.31. The van der Waals surface area contributed by atoms with Crippen molar-refractivity contribution in [2.45, 2.75) is 0 Å². The standard InChI is InChI=1S/C10H11ClN2O2S2/c1-17(14,15)6-5-12-10-13-8-4-2-3-7(11)9(8)16-10/h2-4H,5-6H2,1H3,(H,12,13). The number of sulfone groups is 1. The van der Waals surface area contributed by atoms with Gasteiger partial charge >= 0.3 is 0 Å². The predicted molar refractivity (Wildman–Crippen MR) is 72.8 cm³/mol. The predicted octanol–water partition coefficient (Wildman–Crippen LogP) is 2.41. The van der Waals surface area contributed by atoms with E-state index in [0.29, 0.717) is 16.7 Å². The third-order valence-electron chi connectivity index (χ3n) is 2.12. The number of nitrogens with zero attached hydrogens (tertiary/aromatic N) is 1. The summed E-state index contributed by atoms with van der Waals surface area (Å²) >= 11 is 7.45. The van der Waals surface area contributed by atoms with Gasteiger partial charge in [0.15, 0.2) is 5.13 Å². The SMILES string of the molecule is CS(=O)(=O)CCNc1nc2cccc(Cl)c2s1. The molecule has 2 aromatic rings. The van der Waals surface area contributed by atoms with Gasteiger partial charge < -0.3 is 5.32 Å². The number of rotatable bonds is 4. The number of hydrogen-bond donors (Lipinski definition) is 1. The molecular formula is C10H11ClN2O2S2. The molecule has 0 saturated carbocycles. The van der Waals surface area contributed by atoms with Gasteiger partial charge in [-0.25, -0.2) is 13.4 Å². The van der Waals surface area contributed by atoms with Gasteiger partial charge in [0.05, 0.1) is 21.0 Å². The second kappa shape index (κ2) is 4.80. The van der Waals surface area contributed by atoms with Gasteiger partial charge in [-0.15, -0.1) is 0 Å². The molecule has 1 aromatic carbocycles. The van der Waals surface area contributed by atoms with Gasteiger partial charge in [-0.05, 0) is 12.1 Å². The van der Waals surface area contributed by atoms with E-state index in [1.54, 1.807) is 0 Å². The normalized spacial score (nSPS) is 11.9. The van der Waals surface area contributed by atoms with Crippen molar-refractivity contribution in [2.24, 2.45) is 0 Å². The molecule has 0 spiro atoms. The molecule has 0 aliphatic carbocycles. The summed E-state index contributed by atoms with van der Waals surface area (Å²) in [5.41, 5.74) is 0.823. The molecule has 1 aromatic heterocycles. The van der Waals surface area contributed by atoms with Gasteiger partial charge in [0.25, 0.3) is 0 Å². The summed E-state index contributed by atoms with van der Waals surface area (Å²) in [4.78, 5) is 4.32. The lowest BCUT2D eigenvalue weighted by Crippen LogP contribution is -2.13. The molecular weight excluding hydrogens is 280 g/mol. The maximum absolute atomic E-state index is 11.0. The summed E-state index contributed by atoms with van der Waals surface area (Å²) in [5, 5.41) is 4.34. The number of thiazole rings is 1. The molecule has 0 radical (unpaired) electrons. The lowest BCUT2D eigenvalue weighted by atomic mass is 10.3. The minimum Gasteiger partial charge on any atom is -0.360 e. The minimum atomic E-state index is -2.94. The van der Waals surface area contributed by atoms with Gasteiger partial charge in [-0.1, -0.05) is 29.0 Å². The number of halogens is 1. The van der Waals surface area contributed by atoms with Crippen LogP contribution in [0, 0.1) is 0 Å². The largest absolute Gasteiger partial charge is 0.360 e. The molecule has 92 valence electrons. The summed E-state index contributed by atoms with van der Waals surface area (Å²) in [5.74, 6) is 0.0939. The van der Waals surface area contributed by atoms with E-state index in [0.717, 1.165) is 10.2 Å². The first kappa shape index (κ1) is 12.6. The highest BCUT2D eigenvalue weighted by Crippen LogP contribution is 2.31. The van der Waals surface area contributed by atoms with Crippen LogP contribution in [0.3, 0.4) is 0 Å². The molecule has 0 fully saturated rings. The van der Waals surface area contributed by atoms with Crippen molar-refractivity contribution in [3.63, 3.8) is 0 Å². The summed E-state index contributed by atoms with van der Waals surface area (Å²) in [6.45, 7) is 0.357. The van der Waals surface area contributed by atoms with E-state index in [9.17, 15) is 8.42 Å². The first-order chi connectivity index (χ1) is 7.96. The van der Waals surface area contributed by atoms with Crippen molar-refractivity contribution in [3.8, 4) is 0 Å². The van der Waals surface area contributed by atoms with Crippen molar-refractivity contribution < 1.29 is 8.42 Å². The van der Waals surface area contributed by atoms with E-state index in [1.165, 1.54) is 17.6 Å².